The predicted molar refractivity (Wildman–Crippen MR) is 110 cm³/mol. The van der Waals surface area contributed by atoms with E-state index in [2.05, 4.69) is 15.0 Å². The van der Waals surface area contributed by atoms with Gasteiger partial charge < -0.3 is 13.8 Å². The van der Waals surface area contributed by atoms with E-state index in [9.17, 15) is 4.79 Å². The van der Waals surface area contributed by atoms with Crippen molar-refractivity contribution < 1.29 is 13.7 Å². The van der Waals surface area contributed by atoms with Gasteiger partial charge in [0.2, 0.25) is 0 Å². The highest BCUT2D eigenvalue weighted by atomic mass is 16.5. The second-order valence-electron chi connectivity index (χ2n) is 8.58. The van der Waals surface area contributed by atoms with Crippen LogP contribution in [0.5, 0.6) is 0 Å². The number of carbonyl (C=O) groups is 1. The van der Waals surface area contributed by atoms with E-state index >= 15 is 0 Å². The number of fused-ring (bicyclic) bond motifs is 2. The monoisotopic (exact) mass is 393 g/mol. The Labute approximate surface area is 170 Å². The van der Waals surface area contributed by atoms with Crippen molar-refractivity contribution in [1.29, 1.82) is 0 Å². The highest BCUT2D eigenvalue weighted by Gasteiger charge is 2.37. The third kappa shape index (κ3) is 3.05. The van der Waals surface area contributed by atoms with Crippen molar-refractivity contribution in [2.24, 2.45) is 5.92 Å². The van der Waals surface area contributed by atoms with Crippen molar-refractivity contribution in [3.63, 3.8) is 0 Å². The van der Waals surface area contributed by atoms with Crippen LogP contribution in [0.25, 0.3) is 22.4 Å². The van der Waals surface area contributed by atoms with Crippen molar-refractivity contribution in [3.05, 3.63) is 34.9 Å². The molecule has 2 unspecified atom stereocenters. The number of hydrogen-bond donors (Lipinski definition) is 0. The van der Waals surface area contributed by atoms with E-state index in [0.29, 0.717) is 34.6 Å². The lowest BCUT2D eigenvalue weighted by Gasteiger charge is -2.44. The van der Waals surface area contributed by atoms with Crippen LogP contribution in [0.4, 0.5) is 0 Å². The predicted octanol–water partition coefficient (Wildman–Crippen LogP) is 5.20. The van der Waals surface area contributed by atoms with Gasteiger partial charge >= 0.3 is 0 Å². The number of pyridine rings is 1. The van der Waals surface area contributed by atoms with Crippen LogP contribution in [0.2, 0.25) is 0 Å². The van der Waals surface area contributed by atoms with Gasteiger partial charge in [0.25, 0.3) is 11.6 Å². The second-order valence-corrected chi connectivity index (χ2v) is 8.58. The molecular weight excluding hydrogens is 366 g/mol. The molecule has 4 heterocycles. The number of piperidine rings is 1. The molecule has 6 nitrogen and oxygen atoms in total. The van der Waals surface area contributed by atoms with Crippen molar-refractivity contribution in [2.75, 3.05) is 6.54 Å². The third-order valence-electron chi connectivity index (χ3n) is 6.67. The van der Waals surface area contributed by atoms with E-state index in [0.717, 1.165) is 41.9 Å². The van der Waals surface area contributed by atoms with Crippen LogP contribution < -0.4 is 0 Å². The summed E-state index contributed by atoms with van der Waals surface area (Å²) in [7, 11) is 0. The standard InChI is InChI=1S/C23H27N3O3/c1-13-11-17(15(3)28-13)19-12-18(21-14(2)25-29-22(21)24-19)23(27)26-10-6-8-16-7-4-5-9-20(16)26/h11-12,16,20H,4-10H2,1-3H3. The molecule has 3 aromatic heterocycles. The molecule has 3 aromatic rings. The van der Waals surface area contributed by atoms with Gasteiger partial charge in [-0.2, -0.15) is 0 Å². The Hall–Kier alpha value is -2.63. The molecular formula is C23H27N3O3. The third-order valence-corrected chi connectivity index (χ3v) is 6.67. The molecule has 0 radical (unpaired) electrons. The van der Waals surface area contributed by atoms with Gasteiger partial charge in [-0.1, -0.05) is 18.0 Å². The van der Waals surface area contributed by atoms with Crippen LogP contribution in [-0.2, 0) is 0 Å². The number of amides is 1. The molecule has 0 aromatic carbocycles. The van der Waals surface area contributed by atoms with Gasteiger partial charge in [-0.15, -0.1) is 0 Å². The summed E-state index contributed by atoms with van der Waals surface area (Å²) in [5.41, 5.74) is 3.36. The van der Waals surface area contributed by atoms with E-state index < -0.39 is 0 Å². The molecule has 0 spiro atoms. The van der Waals surface area contributed by atoms with E-state index in [4.69, 9.17) is 8.94 Å². The lowest BCUT2D eigenvalue weighted by Crippen LogP contribution is -2.49. The smallest absolute Gasteiger partial charge is 0.259 e. The van der Waals surface area contributed by atoms with Gasteiger partial charge in [0.15, 0.2) is 0 Å². The zero-order valence-electron chi connectivity index (χ0n) is 17.3. The fraction of sp³-hybridized carbons (Fsp3) is 0.522. The summed E-state index contributed by atoms with van der Waals surface area (Å²) in [5, 5.41) is 4.83. The van der Waals surface area contributed by atoms with E-state index in [1.807, 2.05) is 32.9 Å². The molecule has 152 valence electrons. The van der Waals surface area contributed by atoms with Crippen LogP contribution in [0.3, 0.4) is 0 Å². The number of aryl methyl sites for hydroxylation is 3. The number of carbonyl (C=O) groups excluding carboxylic acids is 1. The van der Waals surface area contributed by atoms with Gasteiger partial charge in [-0.3, -0.25) is 4.79 Å². The van der Waals surface area contributed by atoms with Crippen LogP contribution in [0.15, 0.2) is 21.1 Å². The van der Waals surface area contributed by atoms with E-state index in [1.165, 1.54) is 25.7 Å². The quantitative estimate of drug-likeness (QED) is 0.598. The van der Waals surface area contributed by atoms with Crippen LogP contribution in [0.1, 0.15) is 66.1 Å². The SMILES string of the molecule is Cc1cc(-c2cc(C(=O)N3CCCC4CCCCC43)c3c(C)noc3n2)c(C)o1. The zero-order chi connectivity index (χ0) is 20.1. The molecule has 1 aliphatic carbocycles. The molecule has 1 amide bonds. The Balaban J connectivity index is 1.62. The van der Waals surface area contributed by atoms with Gasteiger partial charge in [0, 0.05) is 18.2 Å². The Morgan fingerprint density at radius 3 is 2.69 bits per heavy atom. The average Bonchev–Trinajstić information content (AvgIpc) is 3.27. The highest BCUT2D eigenvalue weighted by Crippen LogP contribution is 2.37. The molecule has 2 atom stereocenters. The highest BCUT2D eigenvalue weighted by molar-refractivity contribution is 6.07. The molecule has 2 fully saturated rings. The maximum atomic E-state index is 13.8. The molecule has 29 heavy (non-hydrogen) atoms. The first-order chi connectivity index (χ1) is 14.0. The van der Waals surface area contributed by atoms with Crippen LogP contribution in [0, 0.1) is 26.7 Å². The lowest BCUT2D eigenvalue weighted by molar-refractivity contribution is 0.0392. The summed E-state index contributed by atoms with van der Waals surface area (Å²) in [4.78, 5) is 20.6. The zero-order valence-corrected chi connectivity index (χ0v) is 17.3. The number of nitrogens with zero attached hydrogens (tertiary/aromatic N) is 3. The number of hydrogen-bond acceptors (Lipinski definition) is 5. The summed E-state index contributed by atoms with van der Waals surface area (Å²) >= 11 is 0. The van der Waals surface area contributed by atoms with Crippen molar-refractivity contribution >= 4 is 17.0 Å². The Kier molecular flexibility index (Phi) is 4.45. The molecule has 2 aliphatic rings. The molecule has 6 heteroatoms. The molecule has 0 bridgehead atoms. The number of rotatable bonds is 2. The first-order valence-electron chi connectivity index (χ1n) is 10.7. The summed E-state index contributed by atoms with van der Waals surface area (Å²) in [5.74, 6) is 2.33. The molecule has 1 saturated heterocycles. The van der Waals surface area contributed by atoms with Crippen LogP contribution in [-0.4, -0.2) is 33.5 Å². The lowest BCUT2D eigenvalue weighted by atomic mass is 9.78. The summed E-state index contributed by atoms with van der Waals surface area (Å²) in [6.45, 7) is 6.53. The largest absolute Gasteiger partial charge is 0.466 e. The number of aromatic nitrogens is 2. The molecule has 1 saturated carbocycles. The second kappa shape index (κ2) is 7.01. The normalized spacial score (nSPS) is 22.1. The topological polar surface area (TPSA) is 72.4 Å². The Morgan fingerprint density at radius 1 is 1.10 bits per heavy atom. The maximum Gasteiger partial charge on any atom is 0.259 e. The Bertz CT molecular complexity index is 1080. The summed E-state index contributed by atoms with van der Waals surface area (Å²) in [6.07, 6.45) is 7.17. The van der Waals surface area contributed by atoms with Gasteiger partial charge in [0.05, 0.1) is 22.3 Å². The molecule has 1 aliphatic heterocycles. The van der Waals surface area contributed by atoms with Crippen molar-refractivity contribution in [1.82, 2.24) is 15.0 Å². The molecule has 5 rings (SSSR count). The average molecular weight is 393 g/mol. The fourth-order valence-electron chi connectivity index (χ4n) is 5.32. The van der Waals surface area contributed by atoms with Gasteiger partial charge in [-0.05, 0) is 64.5 Å². The maximum absolute atomic E-state index is 13.8. The van der Waals surface area contributed by atoms with Gasteiger partial charge in [0.1, 0.15) is 11.5 Å². The van der Waals surface area contributed by atoms with E-state index in [1.54, 1.807) is 0 Å². The first-order valence-corrected chi connectivity index (χ1v) is 10.7. The Morgan fingerprint density at radius 2 is 1.90 bits per heavy atom. The fourth-order valence-corrected chi connectivity index (χ4v) is 5.32. The molecule has 0 N–H and O–H groups in total. The van der Waals surface area contributed by atoms with Crippen LogP contribution >= 0.6 is 0 Å². The number of furan rings is 1. The minimum atomic E-state index is 0.0828. The van der Waals surface area contributed by atoms with E-state index in [-0.39, 0.29) is 5.91 Å². The first kappa shape index (κ1) is 18.4. The summed E-state index contributed by atoms with van der Waals surface area (Å²) in [6, 6.07) is 4.22. The number of likely N-dealkylation sites (tertiary alicyclic amines) is 1. The van der Waals surface area contributed by atoms with Crippen molar-refractivity contribution in [3.8, 4) is 11.3 Å². The van der Waals surface area contributed by atoms with Gasteiger partial charge in [-0.25, -0.2) is 4.98 Å². The summed E-state index contributed by atoms with van der Waals surface area (Å²) < 4.78 is 11.2. The minimum Gasteiger partial charge on any atom is -0.466 e. The van der Waals surface area contributed by atoms with Crippen molar-refractivity contribution in [2.45, 2.75) is 65.3 Å². The minimum absolute atomic E-state index is 0.0828.